The average molecular weight is 278 g/mol. The molecule has 1 aromatic rings. The van der Waals surface area contributed by atoms with Crippen molar-refractivity contribution >= 4 is 28.8 Å². The van der Waals surface area contributed by atoms with Crippen molar-refractivity contribution in [2.45, 2.75) is 39.2 Å². The molecular formula is C14H22N4S. The van der Waals surface area contributed by atoms with Gasteiger partial charge in [0.25, 0.3) is 0 Å². The summed E-state index contributed by atoms with van der Waals surface area (Å²) in [5, 5.41) is 6.83. The number of piperidine rings is 1. The van der Waals surface area contributed by atoms with Crippen molar-refractivity contribution in [2.24, 2.45) is 0 Å². The van der Waals surface area contributed by atoms with E-state index < -0.39 is 0 Å². The van der Waals surface area contributed by atoms with Crippen LogP contribution in [0.4, 0.5) is 11.5 Å². The minimum atomic E-state index is 0.586. The van der Waals surface area contributed by atoms with Crippen LogP contribution in [0.1, 0.15) is 33.1 Å². The van der Waals surface area contributed by atoms with E-state index in [1.807, 2.05) is 19.2 Å². The van der Waals surface area contributed by atoms with Gasteiger partial charge in [0.05, 0.1) is 11.9 Å². The Bertz CT molecular complexity index is 418. The number of aromatic nitrogens is 1. The summed E-state index contributed by atoms with van der Waals surface area (Å²) in [6, 6.07) is 4.69. The molecule has 1 atom stereocenters. The highest BCUT2D eigenvalue weighted by atomic mass is 32.1. The van der Waals surface area contributed by atoms with E-state index in [0.29, 0.717) is 11.2 Å². The fourth-order valence-corrected chi connectivity index (χ4v) is 2.67. The third-order valence-electron chi connectivity index (χ3n) is 3.44. The van der Waals surface area contributed by atoms with Gasteiger partial charge >= 0.3 is 0 Å². The molecule has 2 rings (SSSR count). The van der Waals surface area contributed by atoms with Crippen LogP contribution in [-0.2, 0) is 0 Å². The molecule has 1 fully saturated rings. The van der Waals surface area contributed by atoms with Crippen molar-refractivity contribution < 1.29 is 0 Å². The van der Waals surface area contributed by atoms with E-state index in [9.17, 15) is 0 Å². The van der Waals surface area contributed by atoms with E-state index in [-0.39, 0.29) is 0 Å². The lowest BCUT2D eigenvalue weighted by Crippen LogP contribution is -2.37. The highest BCUT2D eigenvalue weighted by Crippen LogP contribution is 2.23. The van der Waals surface area contributed by atoms with Crippen LogP contribution in [-0.4, -0.2) is 29.2 Å². The Morgan fingerprint density at radius 2 is 2.32 bits per heavy atom. The van der Waals surface area contributed by atoms with Crippen molar-refractivity contribution in [1.29, 1.82) is 0 Å². The van der Waals surface area contributed by atoms with Crippen molar-refractivity contribution in [3.63, 3.8) is 0 Å². The van der Waals surface area contributed by atoms with Crippen molar-refractivity contribution in [1.82, 2.24) is 10.3 Å². The summed E-state index contributed by atoms with van der Waals surface area (Å²) in [6.07, 6.45) is 5.69. The quantitative estimate of drug-likeness (QED) is 0.832. The van der Waals surface area contributed by atoms with Gasteiger partial charge in [-0.15, -0.1) is 0 Å². The van der Waals surface area contributed by atoms with Crippen molar-refractivity contribution in [3.05, 3.63) is 18.3 Å². The summed E-state index contributed by atoms with van der Waals surface area (Å²) >= 11 is 5.15. The van der Waals surface area contributed by atoms with Gasteiger partial charge in [0.1, 0.15) is 5.82 Å². The number of hydrogen-bond donors (Lipinski definition) is 2. The maximum Gasteiger partial charge on any atom is 0.170 e. The molecule has 0 amide bonds. The fraction of sp³-hybridized carbons (Fsp3) is 0.571. The second-order valence-corrected chi connectivity index (χ2v) is 5.34. The van der Waals surface area contributed by atoms with Crippen LogP contribution in [0.3, 0.4) is 0 Å². The first-order valence-electron chi connectivity index (χ1n) is 6.98. The highest BCUT2D eigenvalue weighted by Gasteiger charge is 2.19. The Kier molecular flexibility index (Phi) is 4.96. The Morgan fingerprint density at radius 3 is 2.95 bits per heavy atom. The molecule has 0 spiro atoms. The average Bonchev–Trinajstić information content (AvgIpc) is 2.41. The highest BCUT2D eigenvalue weighted by molar-refractivity contribution is 7.80. The van der Waals surface area contributed by atoms with Crippen LogP contribution in [0.2, 0.25) is 0 Å². The number of nitrogens with zero attached hydrogens (tertiary/aromatic N) is 2. The Hall–Kier alpha value is -1.36. The van der Waals surface area contributed by atoms with Gasteiger partial charge in [-0.2, -0.15) is 0 Å². The third kappa shape index (κ3) is 3.80. The first kappa shape index (κ1) is 14.1. The second kappa shape index (κ2) is 6.70. The van der Waals surface area contributed by atoms with Gasteiger partial charge in [-0.05, 0) is 57.5 Å². The molecule has 0 bridgehead atoms. The summed E-state index contributed by atoms with van der Waals surface area (Å²) in [6.45, 7) is 6.22. The van der Waals surface area contributed by atoms with E-state index >= 15 is 0 Å². The number of hydrogen-bond acceptors (Lipinski definition) is 3. The number of nitrogens with one attached hydrogen (secondary N) is 2. The minimum absolute atomic E-state index is 0.586. The van der Waals surface area contributed by atoms with Gasteiger partial charge in [-0.3, -0.25) is 0 Å². The summed E-state index contributed by atoms with van der Waals surface area (Å²) in [5.41, 5.74) is 0.930. The summed E-state index contributed by atoms with van der Waals surface area (Å²) in [4.78, 5) is 6.93. The molecule has 1 aliphatic heterocycles. The standard InChI is InChI=1S/C14H22N4S/c1-3-15-14(19)17-12-7-8-13(16-10-12)18-9-5-4-6-11(18)2/h7-8,10-11H,3-6,9H2,1-2H3,(H2,15,17,19)/t11-/m0/s1. The van der Waals surface area contributed by atoms with Crippen LogP contribution < -0.4 is 15.5 Å². The summed E-state index contributed by atoms with van der Waals surface area (Å²) in [7, 11) is 0. The third-order valence-corrected chi connectivity index (χ3v) is 3.69. The molecule has 4 nitrogen and oxygen atoms in total. The molecule has 0 aromatic carbocycles. The molecular weight excluding hydrogens is 256 g/mol. The van der Waals surface area contributed by atoms with Crippen LogP contribution in [0.25, 0.3) is 0 Å². The van der Waals surface area contributed by atoms with E-state index in [1.54, 1.807) is 0 Å². The number of thiocarbonyl (C=S) groups is 1. The lowest BCUT2D eigenvalue weighted by molar-refractivity contribution is 0.481. The fourth-order valence-electron chi connectivity index (χ4n) is 2.40. The maximum absolute atomic E-state index is 5.15. The zero-order chi connectivity index (χ0) is 13.7. The summed E-state index contributed by atoms with van der Waals surface area (Å²) in [5.74, 6) is 1.06. The molecule has 19 heavy (non-hydrogen) atoms. The van der Waals surface area contributed by atoms with Gasteiger partial charge in [-0.25, -0.2) is 4.98 Å². The predicted molar refractivity (Wildman–Crippen MR) is 84.8 cm³/mol. The normalized spacial score (nSPS) is 19.1. The minimum Gasteiger partial charge on any atom is -0.363 e. The van der Waals surface area contributed by atoms with Crippen LogP contribution >= 0.6 is 12.2 Å². The molecule has 0 aliphatic carbocycles. The second-order valence-electron chi connectivity index (χ2n) is 4.93. The maximum atomic E-state index is 5.15. The molecule has 104 valence electrons. The van der Waals surface area contributed by atoms with E-state index in [1.165, 1.54) is 19.3 Å². The lowest BCUT2D eigenvalue weighted by Gasteiger charge is -2.34. The zero-order valence-electron chi connectivity index (χ0n) is 11.6. The van der Waals surface area contributed by atoms with Crippen LogP contribution in [0.5, 0.6) is 0 Å². The molecule has 1 saturated heterocycles. The molecule has 2 heterocycles. The van der Waals surface area contributed by atoms with Gasteiger partial charge in [-0.1, -0.05) is 0 Å². The number of rotatable bonds is 3. The molecule has 0 saturated carbocycles. The van der Waals surface area contributed by atoms with Crippen LogP contribution in [0, 0.1) is 0 Å². The van der Waals surface area contributed by atoms with Crippen molar-refractivity contribution in [2.75, 3.05) is 23.3 Å². The molecule has 0 unspecified atom stereocenters. The zero-order valence-corrected chi connectivity index (χ0v) is 12.5. The van der Waals surface area contributed by atoms with Gasteiger partial charge < -0.3 is 15.5 Å². The molecule has 0 radical (unpaired) electrons. The first-order chi connectivity index (χ1) is 9.20. The Balaban J connectivity index is 1.99. The van der Waals surface area contributed by atoms with E-state index in [2.05, 4.69) is 33.5 Å². The van der Waals surface area contributed by atoms with Crippen molar-refractivity contribution in [3.8, 4) is 0 Å². The first-order valence-corrected chi connectivity index (χ1v) is 7.39. The topological polar surface area (TPSA) is 40.2 Å². The monoisotopic (exact) mass is 278 g/mol. The van der Waals surface area contributed by atoms with Crippen LogP contribution in [0.15, 0.2) is 18.3 Å². The lowest BCUT2D eigenvalue weighted by atomic mass is 10.0. The molecule has 5 heteroatoms. The van der Waals surface area contributed by atoms with Gasteiger partial charge in [0.2, 0.25) is 0 Å². The van der Waals surface area contributed by atoms with E-state index in [0.717, 1.165) is 24.6 Å². The molecule has 2 N–H and O–H groups in total. The molecule has 1 aromatic heterocycles. The Morgan fingerprint density at radius 1 is 1.47 bits per heavy atom. The predicted octanol–water partition coefficient (Wildman–Crippen LogP) is 2.77. The number of pyridine rings is 1. The Labute approximate surface area is 120 Å². The summed E-state index contributed by atoms with van der Waals surface area (Å²) < 4.78 is 0. The van der Waals surface area contributed by atoms with E-state index in [4.69, 9.17) is 12.2 Å². The number of anilines is 2. The van der Waals surface area contributed by atoms with Gasteiger partial charge in [0, 0.05) is 19.1 Å². The SMILES string of the molecule is CCNC(=S)Nc1ccc(N2CCCC[C@@H]2C)nc1. The molecule has 1 aliphatic rings. The largest absolute Gasteiger partial charge is 0.363 e. The van der Waals surface area contributed by atoms with Gasteiger partial charge in [0.15, 0.2) is 5.11 Å². The smallest absolute Gasteiger partial charge is 0.170 e.